The molecule has 0 spiro atoms. The first-order chi connectivity index (χ1) is 8.93. The van der Waals surface area contributed by atoms with Crippen molar-refractivity contribution in [1.29, 1.82) is 0 Å². The standard InChI is InChI=1S/C12H20N4O2S/c1-8(2)14-10(17)7-16(3)6-9-4-5-19-11(9)12(18)15-13/h4-5,8H,6-7,13H2,1-3H3,(H,14,17)(H,15,18). The molecule has 0 aliphatic rings. The fraction of sp³-hybridized carbons (Fsp3) is 0.500. The summed E-state index contributed by atoms with van der Waals surface area (Å²) < 4.78 is 0. The normalized spacial score (nSPS) is 10.8. The second-order valence-corrected chi connectivity index (χ2v) is 5.56. The molecule has 0 bridgehead atoms. The predicted octanol–water partition coefficient (Wildman–Crippen LogP) is 0.308. The van der Waals surface area contributed by atoms with Gasteiger partial charge in [-0.3, -0.25) is 19.9 Å². The van der Waals surface area contributed by atoms with Crippen LogP contribution in [0.5, 0.6) is 0 Å². The van der Waals surface area contributed by atoms with E-state index in [0.29, 0.717) is 11.4 Å². The average molecular weight is 284 g/mol. The van der Waals surface area contributed by atoms with Crippen molar-refractivity contribution >= 4 is 23.2 Å². The lowest BCUT2D eigenvalue weighted by Crippen LogP contribution is -2.38. The van der Waals surface area contributed by atoms with Crippen LogP contribution >= 0.6 is 11.3 Å². The minimum absolute atomic E-state index is 0.0300. The highest BCUT2D eigenvalue weighted by Crippen LogP contribution is 2.17. The van der Waals surface area contributed by atoms with Crippen LogP contribution in [-0.4, -0.2) is 36.3 Å². The van der Waals surface area contributed by atoms with E-state index in [-0.39, 0.29) is 24.4 Å². The van der Waals surface area contributed by atoms with Crippen LogP contribution in [0.4, 0.5) is 0 Å². The smallest absolute Gasteiger partial charge is 0.275 e. The number of carbonyl (C=O) groups is 2. The van der Waals surface area contributed by atoms with E-state index in [1.54, 1.807) is 0 Å². The fourth-order valence-corrected chi connectivity index (χ4v) is 2.50. The number of hydrogen-bond acceptors (Lipinski definition) is 5. The van der Waals surface area contributed by atoms with E-state index in [9.17, 15) is 9.59 Å². The Labute approximate surface area is 116 Å². The van der Waals surface area contributed by atoms with Crippen LogP contribution in [0.15, 0.2) is 11.4 Å². The summed E-state index contributed by atoms with van der Waals surface area (Å²) in [7, 11) is 1.84. The Morgan fingerprint density at radius 2 is 2.16 bits per heavy atom. The van der Waals surface area contributed by atoms with E-state index in [1.807, 2.05) is 37.2 Å². The van der Waals surface area contributed by atoms with E-state index in [1.165, 1.54) is 11.3 Å². The molecule has 0 aliphatic carbocycles. The molecule has 0 saturated heterocycles. The number of nitrogens with two attached hydrogens (primary N) is 1. The van der Waals surface area contributed by atoms with Gasteiger partial charge in [0.1, 0.15) is 0 Å². The Balaban J connectivity index is 2.57. The van der Waals surface area contributed by atoms with Gasteiger partial charge < -0.3 is 5.32 Å². The van der Waals surface area contributed by atoms with Crippen molar-refractivity contribution in [2.45, 2.75) is 26.4 Å². The quantitative estimate of drug-likeness (QED) is 0.398. The molecule has 0 fully saturated rings. The van der Waals surface area contributed by atoms with Crippen molar-refractivity contribution in [2.75, 3.05) is 13.6 Å². The van der Waals surface area contributed by atoms with Crippen LogP contribution < -0.4 is 16.6 Å². The molecule has 1 heterocycles. The number of nitrogen functional groups attached to an aromatic ring is 1. The van der Waals surface area contributed by atoms with Gasteiger partial charge in [-0.15, -0.1) is 11.3 Å². The highest BCUT2D eigenvalue weighted by Gasteiger charge is 2.15. The van der Waals surface area contributed by atoms with Gasteiger partial charge in [-0.05, 0) is 37.9 Å². The van der Waals surface area contributed by atoms with Crippen LogP contribution in [0.2, 0.25) is 0 Å². The Bertz CT molecular complexity index is 445. The summed E-state index contributed by atoms with van der Waals surface area (Å²) in [4.78, 5) is 25.6. The highest BCUT2D eigenvalue weighted by molar-refractivity contribution is 7.12. The minimum atomic E-state index is -0.301. The lowest BCUT2D eigenvalue weighted by molar-refractivity contribution is -0.122. The Morgan fingerprint density at radius 3 is 2.74 bits per heavy atom. The zero-order valence-electron chi connectivity index (χ0n) is 11.4. The molecule has 0 radical (unpaired) electrons. The molecule has 7 heteroatoms. The van der Waals surface area contributed by atoms with E-state index in [2.05, 4.69) is 10.7 Å². The lowest BCUT2D eigenvalue weighted by Gasteiger charge is -2.17. The summed E-state index contributed by atoms with van der Waals surface area (Å²) >= 11 is 1.33. The molecule has 4 N–H and O–H groups in total. The SMILES string of the molecule is CC(C)NC(=O)CN(C)Cc1ccsc1C(=O)NN. The van der Waals surface area contributed by atoms with Gasteiger partial charge in [0.05, 0.1) is 11.4 Å². The van der Waals surface area contributed by atoms with Crippen LogP contribution in [0, 0.1) is 0 Å². The van der Waals surface area contributed by atoms with Crippen molar-refractivity contribution in [3.05, 3.63) is 21.9 Å². The first kappa shape index (κ1) is 15.6. The zero-order valence-corrected chi connectivity index (χ0v) is 12.2. The maximum atomic E-state index is 11.6. The summed E-state index contributed by atoms with van der Waals surface area (Å²) in [6.07, 6.45) is 0. The van der Waals surface area contributed by atoms with Crippen molar-refractivity contribution in [1.82, 2.24) is 15.6 Å². The first-order valence-corrected chi connectivity index (χ1v) is 6.87. The largest absolute Gasteiger partial charge is 0.353 e. The molecule has 1 aromatic rings. The van der Waals surface area contributed by atoms with Gasteiger partial charge >= 0.3 is 0 Å². The van der Waals surface area contributed by atoms with Crippen LogP contribution in [-0.2, 0) is 11.3 Å². The maximum Gasteiger partial charge on any atom is 0.275 e. The number of amides is 2. The summed E-state index contributed by atoms with van der Waals surface area (Å²) in [6.45, 7) is 4.65. The summed E-state index contributed by atoms with van der Waals surface area (Å²) in [5.74, 6) is 4.80. The number of carbonyl (C=O) groups excluding carboxylic acids is 2. The second-order valence-electron chi connectivity index (χ2n) is 4.64. The molecule has 19 heavy (non-hydrogen) atoms. The topological polar surface area (TPSA) is 87.5 Å². The first-order valence-electron chi connectivity index (χ1n) is 5.99. The number of nitrogens with one attached hydrogen (secondary N) is 2. The number of likely N-dealkylation sites (N-methyl/N-ethyl adjacent to an activating group) is 1. The van der Waals surface area contributed by atoms with Crippen LogP contribution in [0.3, 0.4) is 0 Å². The number of thiophene rings is 1. The van der Waals surface area contributed by atoms with Crippen molar-refractivity contribution in [3.8, 4) is 0 Å². The third-order valence-corrected chi connectivity index (χ3v) is 3.34. The Kier molecular flexibility index (Phi) is 5.94. The van der Waals surface area contributed by atoms with E-state index < -0.39 is 0 Å². The molecule has 2 amide bonds. The predicted molar refractivity (Wildman–Crippen MR) is 75.6 cm³/mol. The Hall–Kier alpha value is -1.44. The number of nitrogens with zero attached hydrogens (tertiary/aromatic N) is 1. The van der Waals surface area contributed by atoms with Gasteiger partial charge in [-0.2, -0.15) is 0 Å². The number of rotatable bonds is 6. The molecule has 0 aliphatic heterocycles. The summed E-state index contributed by atoms with van der Waals surface area (Å²) in [6, 6.07) is 1.99. The third-order valence-electron chi connectivity index (χ3n) is 2.39. The molecule has 0 aromatic carbocycles. The minimum Gasteiger partial charge on any atom is -0.353 e. The van der Waals surface area contributed by atoms with Crippen LogP contribution in [0.25, 0.3) is 0 Å². The molecule has 6 nitrogen and oxygen atoms in total. The van der Waals surface area contributed by atoms with Gasteiger partial charge in [0.2, 0.25) is 5.91 Å². The fourth-order valence-electron chi connectivity index (χ4n) is 1.68. The molecule has 0 saturated carbocycles. The molecule has 1 aromatic heterocycles. The van der Waals surface area contributed by atoms with Gasteiger partial charge in [0.15, 0.2) is 0 Å². The highest BCUT2D eigenvalue weighted by atomic mass is 32.1. The van der Waals surface area contributed by atoms with E-state index in [4.69, 9.17) is 5.84 Å². The monoisotopic (exact) mass is 284 g/mol. The molecule has 106 valence electrons. The average Bonchev–Trinajstić information content (AvgIpc) is 2.74. The van der Waals surface area contributed by atoms with Crippen LogP contribution in [0.1, 0.15) is 29.1 Å². The van der Waals surface area contributed by atoms with Crippen molar-refractivity contribution in [3.63, 3.8) is 0 Å². The molecular weight excluding hydrogens is 264 g/mol. The second kappa shape index (κ2) is 7.22. The third kappa shape index (κ3) is 4.98. The maximum absolute atomic E-state index is 11.6. The van der Waals surface area contributed by atoms with E-state index >= 15 is 0 Å². The lowest BCUT2D eigenvalue weighted by atomic mass is 10.2. The van der Waals surface area contributed by atoms with Crippen molar-refractivity contribution < 1.29 is 9.59 Å². The number of hydrogen-bond donors (Lipinski definition) is 3. The van der Waals surface area contributed by atoms with Gasteiger partial charge in [0.25, 0.3) is 5.91 Å². The summed E-state index contributed by atoms with van der Waals surface area (Å²) in [5, 5.41) is 4.66. The van der Waals surface area contributed by atoms with Gasteiger partial charge in [-0.1, -0.05) is 0 Å². The van der Waals surface area contributed by atoms with Gasteiger partial charge in [0, 0.05) is 12.6 Å². The molecule has 0 atom stereocenters. The van der Waals surface area contributed by atoms with Gasteiger partial charge in [-0.25, -0.2) is 5.84 Å². The molecule has 1 rings (SSSR count). The Morgan fingerprint density at radius 1 is 1.47 bits per heavy atom. The molecule has 0 unspecified atom stereocenters. The zero-order chi connectivity index (χ0) is 14.4. The van der Waals surface area contributed by atoms with Crippen molar-refractivity contribution in [2.24, 2.45) is 5.84 Å². The summed E-state index contributed by atoms with van der Waals surface area (Å²) in [5.41, 5.74) is 2.99. The molecular formula is C12H20N4O2S. The number of hydrazine groups is 1. The van der Waals surface area contributed by atoms with E-state index in [0.717, 1.165) is 5.56 Å².